The van der Waals surface area contributed by atoms with E-state index in [1.165, 1.54) is 19.3 Å². The molecule has 0 spiro atoms. The van der Waals surface area contributed by atoms with Crippen LogP contribution >= 0.6 is 12.4 Å². The van der Waals surface area contributed by atoms with Gasteiger partial charge in [0.25, 0.3) is 0 Å². The first-order chi connectivity index (χ1) is 8.09. The number of nitrogens with zero attached hydrogens (tertiary/aromatic N) is 1. The lowest BCUT2D eigenvalue weighted by molar-refractivity contribution is -0.138. The molecule has 6 unspecified atom stereocenters. The van der Waals surface area contributed by atoms with Gasteiger partial charge in [0.1, 0.15) is 0 Å². The van der Waals surface area contributed by atoms with E-state index in [-0.39, 0.29) is 24.4 Å². The van der Waals surface area contributed by atoms with Gasteiger partial charge in [0.15, 0.2) is 0 Å². The van der Waals surface area contributed by atoms with Crippen molar-refractivity contribution in [2.45, 2.75) is 51.6 Å². The number of hydrogen-bond donors (Lipinski definition) is 1. The van der Waals surface area contributed by atoms with Crippen molar-refractivity contribution in [2.75, 3.05) is 6.54 Å². The maximum Gasteiger partial charge on any atom is 0.227 e. The average Bonchev–Trinajstić information content (AvgIpc) is 2.95. The summed E-state index contributed by atoms with van der Waals surface area (Å²) in [6, 6.07) is 0.554. The van der Waals surface area contributed by atoms with Gasteiger partial charge in [-0.15, -0.1) is 12.4 Å². The highest BCUT2D eigenvalue weighted by Crippen LogP contribution is 2.48. The molecule has 18 heavy (non-hydrogen) atoms. The fraction of sp³-hybridized carbons (Fsp3) is 0.929. The molecule has 1 aliphatic heterocycles. The molecule has 3 rings (SSSR count). The zero-order chi connectivity index (χ0) is 12.2. The van der Waals surface area contributed by atoms with E-state index in [9.17, 15) is 4.79 Å². The molecule has 1 amide bonds. The van der Waals surface area contributed by atoms with Crippen molar-refractivity contribution >= 4 is 18.3 Å². The maximum absolute atomic E-state index is 12.6. The van der Waals surface area contributed by atoms with Crippen molar-refractivity contribution in [3.63, 3.8) is 0 Å². The van der Waals surface area contributed by atoms with E-state index in [1.54, 1.807) is 0 Å². The van der Waals surface area contributed by atoms with Crippen molar-refractivity contribution < 1.29 is 4.79 Å². The molecule has 3 aliphatic rings. The summed E-state index contributed by atoms with van der Waals surface area (Å²) in [5, 5.41) is 0. The Labute approximate surface area is 116 Å². The lowest BCUT2D eigenvalue weighted by atomic mass is 9.84. The van der Waals surface area contributed by atoms with Crippen LogP contribution in [0.15, 0.2) is 0 Å². The zero-order valence-electron chi connectivity index (χ0n) is 11.3. The van der Waals surface area contributed by atoms with E-state index in [2.05, 4.69) is 18.7 Å². The van der Waals surface area contributed by atoms with E-state index >= 15 is 0 Å². The van der Waals surface area contributed by atoms with Gasteiger partial charge in [-0.3, -0.25) is 4.79 Å². The molecule has 2 N–H and O–H groups in total. The highest BCUT2D eigenvalue weighted by Gasteiger charge is 2.51. The third-order valence-electron chi connectivity index (χ3n) is 5.69. The lowest BCUT2D eigenvalue weighted by Gasteiger charge is -2.33. The smallest absolute Gasteiger partial charge is 0.227 e. The summed E-state index contributed by atoms with van der Waals surface area (Å²) in [6.07, 6.45) is 4.84. The first-order valence-corrected chi connectivity index (χ1v) is 7.15. The van der Waals surface area contributed by atoms with Crippen LogP contribution in [0.3, 0.4) is 0 Å². The number of nitrogens with two attached hydrogens (primary N) is 1. The second-order valence-corrected chi connectivity index (χ2v) is 6.47. The van der Waals surface area contributed by atoms with Crippen LogP contribution in [-0.2, 0) is 4.79 Å². The molecule has 2 saturated carbocycles. The molecule has 0 aromatic carbocycles. The third kappa shape index (κ3) is 1.96. The molecule has 3 nitrogen and oxygen atoms in total. The fourth-order valence-corrected chi connectivity index (χ4v) is 4.30. The Bertz CT molecular complexity index is 334. The van der Waals surface area contributed by atoms with Crippen molar-refractivity contribution in [3.05, 3.63) is 0 Å². The molecule has 2 aliphatic carbocycles. The number of likely N-dealkylation sites (tertiary alicyclic amines) is 1. The van der Waals surface area contributed by atoms with Gasteiger partial charge in [-0.1, -0.05) is 6.92 Å². The predicted molar refractivity (Wildman–Crippen MR) is 74.5 cm³/mol. The van der Waals surface area contributed by atoms with Crippen LogP contribution in [-0.4, -0.2) is 29.4 Å². The molecule has 6 atom stereocenters. The highest BCUT2D eigenvalue weighted by molar-refractivity contribution is 5.85. The Morgan fingerprint density at radius 1 is 1.17 bits per heavy atom. The van der Waals surface area contributed by atoms with Gasteiger partial charge in [0.2, 0.25) is 5.91 Å². The highest BCUT2D eigenvalue weighted by atomic mass is 35.5. The van der Waals surface area contributed by atoms with E-state index in [0.29, 0.717) is 29.7 Å². The monoisotopic (exact) mass is 272 g/mol. The van der Waals surface area contributed by atoms with E-state index in [0.717, 1.165) is 13.0 Å². The Morgan fingerprint density at radius 2 is 1.83 bits per heavy atom. The van der Waals surface area contributed by atoms with Gasteiger partial charge in [-0.2, -0.15) is 0 Å². The topological polar surface area (TPSA) is 46.3 Å². The van der Waals surface area contributed by atoms with Gasteiger partial charge in [-0.25, -0.2) is 0 Å². The molecule has 2 bridgehead atoms. The van der Waals surface area contributed by atoms with E-state index in [1.807, 2.05) is 0 Å². The van der Waals surface area contributed by atoms with Crippen LogP contribution < -0.4 is 5.73 Å². The quantitative estimate of drug-likeness (QED) is 0.794. The van der Waals surface area contributed by atoms with Gasteiger partial charge in [-0.05, 0) is 50.4 Å². The molecular weight excluding hydrogens is 248 g/mol. The Balaban J connectivity index is 0.00000120. The summed E-state index contributed by atoms with van der Waals surface area (Å²) in [4.78, 5) is 14.8. The van der Waals surface area contributed by atoms with Crippen molar-refractivity contribution in [2.24, 2.45) is 29.4 Å². The van der Waals surface area contributed by atoms with E-state index < -0.39 is 0 Å². The SMILES string of the molecule is CC1CCN(C(=O)C2C3CCC(C3)C2N)C1C.Cl. The first kappa shape index (κ1) is 14.1. The minimum Gasteiger partial charge on any atom is -0.339 e. The van der Waals surface area contributed by atoms with Crippen LogP contribution in [0.4, 0.5) is 0 Å². The molecule has 4 heteroatoms. The summed E-state index contributed by atoms with van der Waals surface area (Å²) in [5.74, 6) is 2.37. The minimum absolute atomic E-state index is 0. The summed E-state index contributed by atoms with van der Waals surface area (Å²) in [6.45, 7) is 5.38. The average molecular weight is 273 g/mol. The lowest BCUT2D eigenvalue weighted by Crippen LogP contribution is -2.48. The number of carbonyl (C=O) groups excluding carboxylic acids is 1. The van der Waals surface area contributed by atoms with Crippen molar-refractivity contribution in [1.82, 2.24) is 4.90 Å². The molecule has 0 radical (unpaired) electrons. The molecule has 1 saturated heterocycles. The molecule has 104 valence electrons. The van der Waals surface area contributed by atoms with Crippen molar-refractivity contribution in [3.8, 4) is 0 Å². The molecule has 3 fully saturated rings. The Hall–Kier alpha value is -0.280. The Kier molecular flexibility index (Phi) is 3.93. The minimum atomic E-state index is 0. The zero-order valence-corrected chi connectivity index (χ0v) is 12.2. The summed E-state index contributed by atoms with van der Waals surface area (Å²) >= 11 is 0. The second kappa shape index (κ2) is 5.01. The van der Waals surface area contributed by atoms with Crippen molar-refractivity contribution in [1.29, 1.82) is 0 Å². The number of amides is 1. The standard InChI is InChI=1S/C14H24N2O.ClH/c1-8-5-6-16(9(8)2)14(17)12-10-3-4-11(7-10)13(12)15;/h8-13H,3-7,15H2,1-2H3;1H. The molecule has 0 aromatic rings. The Morgan fingerprint density at radius 3 is 2.33 bits per heavy atom. The van der Waals surface area contributed by atoms with Gasteiger partial charge >= 0.3 is 0 Å². The fourth-order valence-electron chi connectivity index (χ4n) is 4.30. The summed E-state index contributed by atoms with van der Waals surface area (Å²) in [5.41, 5.74) is 6.27. The van der Waals surface area contributed by atoms with Crippen LogP contribution in [0.1, 0.15) is 39.5 Å². The molecule has 0 aromatic heterocycles. The van der Waals surface area contributed by atoms with Gasteiger partial charge in [0, 0.05) is 18.6 Å². The van der Waals surface area contributed by atoms with E-state index in [4.69, 9.17) is 5.73 Å². The van der Waals surface area contributed by atoms with Gasteiger partial charge in [0.05, 0.1) is 5.92 Å². The molecular formula is C14H25ClN2O. The number of halogens is 1. The van der Waals surface area contributed by atoms with Crippen LogP contribution in [0.2, 0.25) is 0 Å². The summed E-state index contributed by atoms with van der Waals surface area (Å²) in [7, 11) is 0. The normalized spacial score (nSPS) is 46.3. The van der Waals surface area contributed by atoms with Crippen LogP contribution in [0.5, 0.6) is 0 Å². The predicted octanol–water partition coefficient (Wildman–Crippen LogP) is 2.04. The largest absolute Gasteiger partial charge is 0.339 e. The summed E-state index contributed by atoms with van der Waals surface area (Å²) < 4.78 is 0. The molecule has 1 heterocycles. The van der Waals surface area contributed by atoms with Gasteiger partial charge < -0.3 is 10.6 Å². The second-order valence-electron chi connectivity index (χ2n) is 6.47. The van der Waals surface area contributed by atoms with Crippen LogP contribution in [0.25, 0.3) is 0 Å². The first-order valence-electron chi connectivity index (χ1n) is 7.15. The third-order valence-corrected chi connectivity index (χ3v) is 5.69. The number of rotatable bonds is 1. The number of carbonyl (C=O) groups is 1. The number of hydrogen-bond acceptors (Lipinski definition) is 2. The van der Waals surface area contributed by atoms with Crippen LogP contribution in [0, 0.1) is 23.7 Å². The number of fused-ring (bicyclic) bond motifs is 2. The maximum atomic E-state index is 12.6.